The fourth-order valence-corrected chi connectivity index (χ4v) is 2.74. The minimum Gasteiger partial charge on any atom is -0.381 e. The molecule has 0 radical (unpaired) electrons. The van der Waals surface area contributed by atoms with Gasteiger partial charge in [0.05, 0.1) is 6.61 Å². The molecule has 0 aliphatic carbocycles. The van der Waals surface area contributed by atoms with Crippen LogP contribution in [-0.4, -0.2) is 31.8 Å². The van der Waals surface area contributed by atoms with Gasteiger partial charge in [0.25, 0.3) is 0 Å². The van der Waals surface area contributed by atoms with E-state index in [0.29, 0.717) is 12.5 Å². The van der Waals surface area contributed by atoms with Gasteiger partial charge in [-0.3, -0.25) is 0 Å². The Hall–Kier alpha value is -0.650. The largest absolute Gasteiger partial charge is 0.381 e. The van der Waals surface area contributed by atoms with Crippen molar-refractivity contribution in [2.75, 3.05) is 31.7 Å². The molecule has 1 aliphatic rings. The second-order valence-corrected chi connectivity index (χ2v) is 5.37. The molecule has 1 aliphatic heterocycles. The Kier molecular flexibility index (Phi) is 4.15. The van der Waals surface area contributed by atoms with Gasteiger partial charge in [0.15, 0.2) is 5.13 Å². The Labute approximate surface area is 100 Å². The maximum absolute atomic E-state index is 5.58. The predicted molar refractivity (Wildman–Crippen MR) is 66.8 cm³/mol. The Bertz CT molecular complexity index is 323. The normalized spacial score (nSPS) is 21.0. The Morgan fingerprint density at radius 1 is 1.69 bits per heavy atom. The molecule has 2 heterocycles. The van der Waals surface area contributed by atoms with Crippen LogP contribution in [0.5, 0.6) is 0 Å². The zero-order chi connectivity index (χ0) is 11.4. The third-order valence-electron chi connectivity index (χ3n) is 2.86. The van der Waals surface area contributed by atoms with Crippen molar-refractivity contribution in [2.45, 2.75) is 19.4 Å². The third kappa shape index (κ3) is 2.93. The van der Waals surface area contributed by atoms with Crippen molar-refractivity contribution in [1.29, 1.82) is 0 Å². The highest BCUT2D eigenvalue weighted by molar-refractivity contribution is 7.15. The van der Waals surface area contributed by atoms with E-state index in [1.165, 1.54) is 12.8 Å². The van der Waals surface area contributed by atoms with E-state index in [4.69, 9.17) is 10.5 Å². The Morgan fingerprint density at radius 3 is 3.19 bits per heavy atom. The molecule has 1 aromatic rings. The van der Waals surface area contributed by atoms with Gasteiger partial charge < -0.3 is 15.4 Å². The second kappa shape index (κ2) is 5.61. The number of anilines is 1. The average Bonchev–Trinajstić information content (AvgIpc) is 2.79. The zero-order valence-corrected chi connectivity index (χ0v) is 10.5. The van der Waals surface area contributed by atoms with Gasteiger partial charge in [-0.25, -0.2) is 4.98 Å². The molecule has 4 nitrogen and oxygen atoms in total. The number of thiazole rings is 1. The highest BCUT2D eigenvalue weighted by atomic mass is 32.1. The first-order valence-corrected chi connectivity index (χ1v) is 6.55. The molecule has 2 rings (SSSR count). The van der Waals surface area contributed by atoms with Gasteiger partial charge in [0.1, 0.15) is 0 Å². The number of hydrogen-bond acceptors (Lipinski definition) is 5. The number of rotatable bonds is 4. The molecule has 0 saturated carbocycles. The summed E-state index contributed by atoms with van der Waals surface area (Å²) in [4.78, 5) is 7.73. The summed E-state index contributed by atoms with van der Waals surface area (Å²) in [5.41, 5.74) is 5.58. The van der Waals surface area contributed by atoms with Crippen LogP contribution >= 0.6 is 11.3 Å². The maximum Gasteiger partial charge on any atom is 0.185 e. The summed E-state index contributed by atoms with van der Waals surface area (Å²) in [6, 6.07) is 0. The van der Waals surface area contributed by atoms with Crippen molar-refractivity contribution in [3.8, 4) is 0 Å². The van der Waals surface area contributed by atoms with Gasteiger partial charge in [-0.05, 0) is 18.8 Å². The van der Waals surface area contributed by atoms with Crippen LogP contribution in [0.2, 0.25) is 0 Å². The van der Waals surface area contributed by atoms with Crippen LogP contribution in [0.1, 0.15) is 17.7 Å². The molecular weight excluding hydrogens is 222 g/mol. The van der Waals surface area contributed by atoms with Gasteiger partial charge in [0, 0.05) is 37.8 Å². The molecule has 0 bridgehead atoms. The molecule has 0 spiro atoms. The topological polar surface area (TPSA) is 51.4 Å². The maximum atomic E-state index is 5.58. The van der Waals surface area contributed by atoms with Crippen LogP contribution < -0.4 is 10.6 Å². The van der Waals surface area contributed by atoms with Crippen LogP contribution in [0.4, 0.5) is 5.13 Å². The van der Waals surface area contributed by atoms with Crippen LogP contribution in [0.3, 0.4) is 0 Å². The van der Waals surface area contributed by atoms with Gasteiger partial charge in [-0.2, -0.15) is 0 Å². The monoisotopic (exact) mass is 241 g/mol. The Balaban J connectivity index is 1.88. The minimum atomic E-state index is 0.581. The first kappa shape index (κ1) is 11.8. The number of nitrogens with zero attached hydrogens (tertiary/aromatic N) is 2. The van der Waals surface area contributed by atoms with E-state index in [-0.39, 0.29) is 0 Å². The molecule has 0 aromatic carbocycles. The molecule has 0 amide bonds. The van der Waals surface area contributed by atoms with Crippen molar-refractivity contribution in [3.63, 3.8) is 0 Å². The van der Waals surface area contributed by atoms with Gasteiger partial charge >= 0.3 is 0 Å². The predicted octanol–water partition coefficient (Wildman–Crippen LogP) is 1.46. The minimum absolute atomic E-state index is 0.581. The lowest BCUT2D eigenvalue weighted by molar-refractivity contribution is 0.0576. The van der Waals surface area contributed by atoms with Gasteiger partial charge in [-0.15, -0.1) is 11.3 Å². The average molecular weight is 241 g/mol. The van der Waals surface area contributed by atoms with Crippen LogP contribution in [0.25, 0.3) is 0 Å². The van der Waals surface area contributed by atoms with Crippen molar-refractivity contribution in [2.24, 2.45) is 11.7 Å². The van der Waals surface area contributed by atoms with E-state index in [1.807, 2.05) is 6.20 Å². The van der Waals surface area contributed by atoms with E-state index in [0.717, 1.165) is 29.8 Å². The van der Waals surface area contributed by atoms with Crippen molar-refractivity contribution >= 4 is 16.5 Å². The zero-order valence-electron chi connectivity index (χ0n) is 9.69. The summed E-state index contributed by atoms with van der Waals surface area (Å²) in [6.07, 6.45) is 4.32. The molecule has 2 N–H and O–H groups in total. The summed E-state index contributed by atoms with van der Waals surface area (Å²) in [5, 5.41) is 1.06. The van der Waals surface area contributed by atoms with Crippen molar-refractivity contribution < 1.29 is 4.74 Å². The van der Waals surface area contributed by atoms with E-state index < -0.39 is 0 Å². The van der Waals surface area contributed by atoms with Crippen molar-refractivity contribution in [3.05, 3.63) is 11.1 Å². The molecule has 16 heavy (non-hydrogen) atoms. The first-order valence-electron chi connectivity index (χ1n) is 5.73. The van der Waals surface area contributed by atoms with E-state index in [2.05, 4.69) is 16.9 Å². The molecule has 1 atom stereocenters. The lowest BCUT2D eigenvalue weighted by Crippen LogP contribution is -2.30. The quantitative estimate of drug-likeness (QED) is 0.867. The molecular formula is C11H19N3OS. The fourth-order valence-electron chi connectivity index (χ4n) is 1.98. The summed E-state index contributed by atoms with van der Waals surface area (Å²) < 4.78 is 5.48. The third-order valence-corrected chi connectivity index (χ3v) is 3.99. The SMILES string of the molecule is CN(CC1CCCOC1)c1ncc(CN)s1. The number of aromatic nitrogens is 1. The van der Waals surface area contributed by atoms with Gasteiger partial charge in [0.2, 0.25) is 0 Å². The first-order chi connectivity index (χ1) is 7.79. The number of hydrogen-bond donors (Lipinski definition) is 1. The molecule has 1 fully saturated rings. The molecule has 1 unspecified atom stereocenters. The molecule has 5 heteroatoms. The summed E-state index contributed by atoms with van der Waals surface area (Å²) >= 11 is 1.68. The van der Waals surface area contributed by atoms with E-state index in [1.54, 1.807) is 11.3 Å². The fraction of sp³-hybridized carbons (Fsp3) is 0.727. The van der Waals surface area contributed by atoms with Crippen LogP contribution in [0.15, 0.2) is 6.20 Å². The van der Waals surface area contributed by atoms with Crippen LogP contribution in [-0.2, 0) is 11.3 Å². The van der Waals surface area contributed by atoms with E-state index in [9.17, 15) is 0 Å². The Morgan fingerprint density at radius 2 is 2.56 bits per heavy atom. The highest BCUT2D eigenvalue weighted by Crippen LogP contribution is 2.23. The number of ether oxygens (including phenoxy) is 1. The van der Waals surface area contributed by atoms with Crippen LogP contribution in [0, 0.1) is 5.92 Å². The smallest absolute Gasteiger partial charge is 0.185 e. The standard InChI is InChI=1S/C11H19N3OS/c1-14(7-9-3-2-4-15-8-9)11-13-6-10(5-12)16-11/h6,9H,2-5,7-8,12H2,1H3. The summed E-state index contributed by atoms with van der Waals surface area (Å²) in [6.45, 7) is 3.42. The van der Waals surface area contributed by atoms with E-state index >= 15 is 0 Å². The highest BCUT2D eigenvalue weighted by Gasteiger charge is 2.17. The lowest BCUT2D eigenvalue weighted by atomic mass is 10.0. The molecule has 1 aromatic heterocycles. The summed E-state index contributed by atoms with van der Waals surface area (Å²) in [7, 11) is 2.09. The molecule has 90 valence electrons. The van der Waals surface area contributed by atoms with Crippen molar-refractivity contribution in [1.82, 2.24) is 4.98 Å². The lowest BCUT2D eigenvalue weighted by Gasteiger charge is -2.26. The second-order valence-electron chi connectivity index (χ2n) is 4.28. The number of nitrogens with two attached hydrogens (primary N) is 1. The summed E-state index contributed by atoms with van der Waals surface area (Å²) in [5.74, 6) is 0.643. The molecule has 1 saturated heterocycles. The van der Waals surface area contributed by atoms with Gasteiger partial charge in [-0.1, -0.05) is 0 Å².